The van der Waals surface area contributed by atoms with Crippen molar-refractivity contribution in [3.8, 4) is 0 Å². The second kappa shape index (κ2) is 7.97. The number of benzene rings is 1. The highest BCUT2D eigenvalue weighted by atomic mass is 16.4. The van der Waals surface area contributed by atoms with Crippen LogP contribution in [0.4, 0.5) is 10.5 Å². The van der Waals surface area contributed by atoms with E-state index in [0.29, 0.717) is 43.7 Å². The molecule has 3 saturated heterocycles. The lowest BCUT2D eigenvalue weighted by Crippen LogP contribution is -2.47. The van der Waals surface area contributed by atoms with E-state index in [9.17, 15) is 14.4 Å². The topological polar surface area (TPSA) is 111 Å². The third kappa shape index (κ3) is 3.51. The molecular formula is C24H30N6O4. The zero-order valence-electron chi connectivity index (χ0n) is 19.3. The van der Waals surface area contributed by atoms with E-state index in [-0.39, 0.29) is 11.8 Å². The second-order valence-corrected chi connectivity index (χ2v) is 10.2. The number of aryl methyl sites for hydroxylation is 1. The minimum absolute atomic E-state index is 0.214. The van der Waals surface area contributed by atoms with Gasteiger partial charge in [0.2, 0.25) is 11.8 Å². The number of carboxylic acid groups (broad SMARTS) is 1. The Bertz CT molecular complexity index is 1160. The molecule has 2 aromatic rings. The molecular weight excluding hydrogens is 436 g/mol. The maximum absolute atomic E-state index is 12.5. The van der Waals surface area contributed by atoms with Gasteiger partial charge in [-0.1, -0.05) is 12.1 Å². The Morgan fingerprint density at radius 2 is 1.88 bits per heavy atom. The molecule has 0 spiro atoms. The van der Waals surface area contributed by atoms with Crippen molar-refractivity contribution in [2.45, 2.75) is 18.8 Å². The van der Waals surface area contributed by atoms with Crippen LogP contribution in [0, 0.1) is 17.8 Å². The van der Waals surface area contributed by atoms with Crippen molar-refractivity contribution in [1.82, 2.24) is 24.9 Å². The number of nitrogens with zero attached hydrogens (tertiary/aromatic N) is 5. The predicted octanol–water partition coefficient (Wildman–Crippen LogP) is 1.07. The van der Waals surface area contributed by atoms with Crippen LogP contribution in [-0.2, 0) is 16.6 Å². The lowest BCUT2D eigenvalue weighted by Gasteiger charge is -2.37. The van der Waals surface area contributed by atoms with E-state index in [4.69, 9.17) is 10.2 Å². The van der Waals surface area contributed by atoms with Crippen molar-refractivity contribution in [1.29, 1.82) is 0 Å². The molecule has 6 rings (SSSR count). The average Bonchev–Trinajstić information content (AvgIpc) is 3.13. The van der Waals surface area contributed by atoms with Crippen LogP contribution >= 0.6 is 0 Å². The second-order valence-electron chi connectivity index (χ2n) is 10.2. The fourth-order valence-corrected chi connectivity index (χ4v) is 6.36. The maximum Gasteiger partial charge on any atom is 0.407 e. The maximum atomic E-state index is 12.5. The van der Waals surface area contributed by atoms with Crippen LogP contribution in [0.2, 0.25) is 0 Å². The number of carbonyl (C=O) groups excluding carboxylic acids is 2. The van der Waals surface area contributed by atoms with Crippen molar-refractivity contribution < 1.29 is 19.5 Å². The number of hydrogen-bond donors (Lipinski definition) is 2. The number of piperazine rings is 1. The van der Waals surface area contributed by atoms with Gasteiger partial charge in [0, 0.05) is 64.7 Å². The molecule has 0 radical (unpaired) electrons. The van der Waals surface area contributed by atoms with Crippen molar-refractivity contribution in [2.24, 2.45) is 24.8 Å². The summed E-state index contributed by atoms with van der Waals surface area (Å²) in [4.78, 5) is 41.7. The van der Waals surface area contributed by atoms with Crippen LogP contribution in [0.5, 0.6) is 0 Å². The summed E-state index contributed by atoms with van der Waals surface area (Å²) >= 11 is 0. The molecule has 1 aromatic carbocycles. The van der Waals surface area contributed by atoms with Crippen molar-refractivity contribution >= 4 is 34.5 Å². The number of amides is 3. The number of rotatable bonds is 4. The zero-order valence-corrected chi connectivity index (χ0v) is 19.3. The normalized spacial score (nSPS) is 29.4. The standard InChI is InChI=1S/C24H30N6O4/c1-27-22-14(21(26-27)15-5-6-20(31)25-23(15)32)3-2-4-19(22)29-9-7-28(8-10-29)11-16-17-12-30(24(33)34)13-18(16)17/h2-4,15-18H,5-13H2,1H3,(H,33,34)(H,25,31,32)/t15?,16-,17+,18-. The van der Waals surface area contributed by atoms with Gasteiger partial charge in [-0.05, 0) is 30.2 Å². The van der Waals surface area contributed by atoms with Gasteiger partial charge in [-0.15, -0.1) is 0 Å². The average molecular weight is 467 g/mol. The monoisotopic (exact) mass is 466 g/mol. The highest BCUT2D eigenvalue weighted by Gasteiger charge is 2.56. The van der Waals surface area contributed by atoms with Gasteiger partial charge in [0.05, 0.1) is 22.8 Å². The largest absolute Gasteiger partial charge is 0.465 e. The highest BCUT2D eigenvalue weighted by molar-refractivity contribution is 6.03. The SMILES string of the molecule is Cn1nc(C2CCC(=O)NC2=O)c2cccc(N3CCN(C[C@H]4[C@H]5CN(C(=O)O)C[C@@H]45)CC3)c21. The zero-order chi connectivity index (χ0) is 23.6. The Morgan fingerprint density at radius 1 is 1.15 bits per heavy atom. The van der Waals surface area contributed by atoms with Crippen LogP contribution in [0.15, 0.2) is 18.2 Å². The number of piperidine rings is 2. The molecule has 10 nitrogen and oxygen atoms in total. The van der Waals surface area contributed by atoms with Crippen molar-refractivity contribution in [3.63, 3.8) is 0 Å². The molecule has 4 heterocycles. The van der Waals surface area contributed by atoms with Crippen LogP contribution in [0.1, 0.15) is 24.5 Å². The van der Waals surface area contributed by atoms with Gasteiger partial charge in [-0.25, -0.2) is 4.79 Å². The van der Waals surface area contributed by atoms with Gasteiger partial charge in [-0.2, -0.15) is 5.10 Å². The van der Waals surface area contributed by atoms with E-state index in [2.05, 4.69) is 21.2 Å². The van der Waals surface area contributed by atoms with Crippen molar-refractivity contribution in [3.05, 3.63) is 23.9 Å². The van der Waals surface area contributed by atoms with Gasteiger partial charge in [0.15, 0.2) is 0 Å². The molecule has 1 aromatic heterocycles. The van der Waals surface area contributed by atoms with E-state index in [1.165, 1.54) is 0 Å². The quantitative estimate of drug-likeness (QED) is 0.649. The summed E-state index contributed by atoms with van der Waals surface area (Å²) < 4.78 is 1.87. The predicted molar refractivity (Wildman–Crippen MR) is 125 cm³/mol. The summed E-state index contributed by atoms with van der Waals surface area (Å²) in [6, 6.07) is 6.17. The first-order valence-electron chi connectivity index (χ1n) is 12.1. The van der Waals surface area contributed by atoms with E-state index < -0.39 is 12.0 Å². The number of imide groups is 1. The Labute approximate surface area is 197 Å². The Hall–Kier alpha value is -3.14. The van der Waals surface area contributed by atoms with E-state index in [0.717, 1.165) is 55.0 Å². The Kier molecular flexibility index (Phi) is 5.02. The number of nitrogens with one attached hydrogen (secondary N) is 1. The molecule has 180 valence electrons. The van der Waals surface area contributed by atoms with Gasteiger partial charge in [-0.3, -0.25) is 24.5 Å². The molecule has 3 aliphatic heterocycles. The van der Waals surface area contributed by atoms with Crippen LogP contribution in [0.3, 0.4) is 0 Å². The summed E-state index contributed by atoms with van der Waals surface area (Å²) in [6.07, 6.45) is 0.0462. The molecule has 2 N–H and O–H groups in total. The van der Waals surface area contributed by atoms with Crippen molar-refractivity contribution in [2.75, 3.05) is 50.7 Å². The fourth-order valence-electron chi connectivity index (χ4n) is 6.36. The van der Waals surface area contributed by atoms with Gasteiger partial charge < -0.3 is 14.9 Å². The lowest BCUT2D eigenvalue weighted by atomic mass is 9.92. The summed E-state index contributed by atoms with van der Waals surface area (Å²) in [7, 11) is 1.92. The smallest absolute Gasteiger partial charge is 0.407 e. The number of carbonyl (C=O) groups is 3. The van der Waals surface area contributed by atoms with Gasteiger partial charge >= 0.3 is 6.09 Å². The van der Waals surface area contributed by atoms with E-state index in [1.807, 2.05) is 23.9 Å². The summed E-state index contributed by atoms with van der Waals surface area (Å²) in [5.74, 6) is 0.856. The van der Waals surface area contributed by atoms with E-state index in [1.54, 1.807) is 4.90 Å². The van der Waals surface area contributed by atoms with Gasteiger partial charge in [0.1, 0.15) is 0 Å². The van der Waals surface area contributed by atoms with Crippen LogP contribution in [0.25, 0.3) is 10.9 Å². The number of anilines is 1. The molecule has 1 unspecified atom stereocenters. The first kappa shape index (κ1) is 21.4. The Morgan fingerprint density at radius 3 is 2.56 bits per heavy atom. The highest BCUT2D eigenvalue weighted by Crippen LogP contribution is 2.52. The first-order chi connectivity index (χ1) is 16.4. The molecule has 4 atom stereocenters. The minimum Gasteiger partial charge on any atom is -0.465 e. The molecule has 0 bridgehead atoms. The van der Waals surface area contributed by atoms with E-state index >= 15 is 0 Å². The summed E-state index contributed by atoms with van der Waals surface area (Å²) in [6.45, 7) is 6.25. The molecule has 1 saturated carbocycles. The number of para-hydroxylation sites is 1. The molecule has 1 aliphatic carbocycles. The molecule has 3 amide bonds. The number of hydrogen-bond acceptors (Lipinski definition) is 6. The fraction of sp³-hybridized carbons (Fsp3) is 0.583. The molecule has 4 fully saturated rings. The minimum atomic E-state index is -0.787. The van der Waals surface area contributed by atoms with Crippen LogP contribution in [-0.4, -0.2) is 88.4 Å². The number of likely N-dealkylation sites (tertiary alicyclic amines) is 1. The van der Waals surface area contributed by atoms with Crippen LogP contribution < -0.4 is 10.2 Å². The number of aromatic nitrogens is 2. The van der Waals surface area contributed by atoms with Gasteiger partial charge in [0.25, 0.3) is 0 Å². The lowest BCUT2D eigenvalue weighted by molar-refractivity contribution is -0.134. The summed E-state index contributed by atoms with van der Waals surface area (Å²) in [5.41, 5.74) is 2.91. The third-order valence-corrected chi connectivity index (χ3v) is 8.27. The Balaban J connectivity index is 1.13. The summed E-state index contributed by atoms with van der Waals surface area (Å²) in [5, 5.41) is 17.3. The molecule has 4 aliphatic rings. The number of fused-ring (bicyclic) bond motifs is 2. The molecule has 34 heavy (non-hydrogen) atoms. The third-order valence-electron chi connectivity index (χ3n) is 8.27. The first-order valence-corrected chi connectivity index (χ1v) is 12.1. The molecule has 10 heteroatoms.